The van der Waals surface area contributed by atoms with Gasteiger partial charge < -0.3 is 102 Å². The molecule has 0 saturated carbocycles. The van der Waals surface area contributed by atoms with Crippen LogP contribution in [0.1, 0.15) is 121 Å². The number of nitrogens with zero attached hydrogens (tertiary/aromatic N) is 2. The molecule has 0 unspecified atom stereocenters. The number of amides is 11. The molecule has 33 nitrogen and oxygen atoms in total. The molecule has 4 aromatic carbocycles. The maximum Gasteiger partial charge on any atom is 0.409 e. The number of hydrogen-bond acceptors (Lipinski definition) is 26. The summed E-state index contributed by atoms with van der Waals surface area (Å²) < 4.78 is 29.7. The highest BCUT2D eigenvalue weighted by atomic mass is 35.5. The number of unbranched alkanes of at least 4 members (excludes halogenated alkanes) is 1. The maximum absolute atomic E-state index is 15.4. The van der Waals surface area contributed by atoms with Gasteiger partial charge in [-0.3, -0.25) is 48.5 Å². The molecule has 5 aliphatic rings. The quantitative estimate of drug-likeness (QED) is 0.0137. The molecule has 15 N–H and O–H groups in total. The third-order valence-corrected chi connectivity index (χ3v) is 28.4. The highest BCUT2D eigenvalue weighted by Crippen LogP contribution is 2.50. The summed E-state index contributed by atoms with van der Waals surface area (Å²) in [5, 5.41) is 68.3. The van der Waals surface area contributed by atoms with E-state index in [0.29, 0.717) is 59.6 Å². The molecule has 3 fully saturated rings. The van der Waals surface area contributed by atoms with Crippen molar-refractivity contribution in [3.05, 3.63) is 160 Å². The van der Waals surface area contributed by atoms with Gasteiger partial charge in [-0.2, -0.15) is 0 Å². The van der Waals surface area contributed by atoms with Gasteiger partial charge in [-0.05, 0) is 125 Å². The molecule has 4 heterocycles. The number of esters is 1. The largest absolute Gasteiger partial charge is 0.495 e. The van der Waals surface area contributed by atoms with Crippen molar-refractivity contribution in [2.24, 2.45) is 17.6 Å². The van der Waals surface area contributed by atoms with Gasteiger partial charge in [0.15, 0.2) is 11.5 Å². The smallest absolute Gasteiger partial charge is 0.409 e. The van der Waals surface area contributed by atoms with E-state index in [1.54, 1.807) is 98.8 Å². The van der Waals surface area contributed by atoms with Crippen LogP contribution in [0.3, 0.4) is 0 Å². The van der Waals surface area contributed by atoms with E-state index in [9.17, 15) is 58.8 Å². The van der Waals surface area contributed by atoms with Crippen LogP contribution in [0.15, 0.2) is 127 Å². The van der Waals surface area contributed by atoms with Gasteiger partial charge in [-0.25, -0.2) is 14.4 Å². The Kier molecular flexibility index (Phi) is 38.7. The number of fused-ring (bicyclic) bond motifs is 6. The lowest BCUT2D eigenvalue weighted by Gasteiger charge is -2.42. The first-order valence-electron chi connectivity index (χ1n) is 42.3. The summed E-state index contributed by atoms with van der Waals surface area (Å²) in [5.74, 6) is -9.15. The number of epoxide rings is 1. The zero-order valence-electron chi connectivity index (χ0n) is 72.9. The second-order valence-electron chi connectivity index (χ2n) is 32.7. The van der Waals surface area contributed by atoms with Crippen LogP contribution in [-0.2, 0) is 92.6 Å². The molecule has 0 aromatic heterocycles. The van der Waals surface area contributed by atoms with E-state index < -0.39 is 199 Å². The summed E-state index contributed by atoms with van der Waals surface area (Å²) in [6.07, 6.45) is -0.467. The van der Waals surface area contributed by atoms with E-state index in [0.717, 1.165) is 43.9 Å². The first-order chi connectivity index (χ1) is 60.6. The minimum Gasteiger partial charge on any atom is -0.495 e. The number of likely N-dealkylation sites (N-methyl/N-ethyl adjacent to an activating group) is 1. The Labute approximate surface area is 760 Å². The predicted octanol–water partition coefficient (Wildman–Crippen LogP) is 5.23. The van der Waals surface area contributed by atoms with Crippen molar-refractivity contribution in [2.75, 3.05) is 75.9 Å². The van der Waals surface area contributed by atoms with Gasteiger partial charge >= 0.3 is 18.1 Å². The Bertz CT molecular complexity index is 4620. The standard InChI is InChI=1S/C89H119ClN12O21S4/c1-50-22-21-30-72(120-10)89(118)46-71(121-87(117)100-89)51(2)78-88(6,123-78)73(45-75(108)102(8)68-41-57(38-50)42-70(119-9)76(68)90)122-85(115)52(3)101(7)74(107)33-36-124-125-37-35-92-86(116)98-63(40-56-25-15-12-16-26-56)81(111)96-66-48-126-127-49-67(83(113)95-65(47-103)53(4)104)97-84(114)77(54(5)105)99-80(110)62(29-19-20-34-91)93-82(112)64(43-59-32-31-58-27-17-18-28-61(58)59)94-79(109)60(44-69(66)106)39-55-23-13-11-14-24-55/h11-18,21-28,30,32,41-42,51-54,60,62-67,71-73,77-78,103-105,118H,19-20,29,31,33-40,43-49,91H2,1-10H3,(H,93,112)(H,94,109)(H,95,113)(H,96,111)(H,97,114)(H,99,110)(H,100,117)(H2,92,98,116)/b30-21+,50-22+/t51-,52+,53-,54-,60-,62+,63-,64-,65-,66+,67+,71+,72-,73+,77+,78+,88+,89+/m1/s1. The number of halogens is 1. The first kappa shape index (κ1) is 101. The number of benzene rings is 4. The maximum atomic E-state index is 15.4. The van der Waals surface area contributed by atoms with Gasteiger partial charge in [-0.15, -0.1) is 0 Å². The fourth-order valence-corrected chi connectivity index (χ4v) is 19.9. The lowest BCUT2D eigenvalue weighted by atomic mass is 9.83. The lowest BCUT2D eigenvalue weighted by molar-refractivity contribution is -0.162. The van der Waals surface area contributed by atoms with Gasteiger partial charge in [0, 0.05) is 94.7 Å². The van der Waals surface area contributed by atoms with E-state index in [2.05, 4.69) is 47.9 Å². The predicted molar refractivity (Wildman–Crippen MR) is 487 cm³/mol. The number of anilines is 1. The highest BCUT2D eigenvalue weighted by Gasteiger charge is 2.65. The van der Waals surface area contributed by atoms with Crippen molar-refractivity contribution in [3.8, 4) is 5.75 Å². The molecular weight excluding hydrogens is 1740 g/mol. The number of nitrogens with one attached hydrogen (secondary N) is 9. The van der Waals surface area contributed by atoms with Crippen molar-refractivity contribution in [1.82, 2.24) is 52.8 Å². The number of Topliss-reactive ketones (excluding diaryl/α,β-unsaturated/α-hetero) is 1. The average Bonchev–Trinajstić information content (AvgIpc) is 1.57. The fourth-order valence-electron chi connectivity index (χ4n) is 15.4. The summed E-state index contributed by atoms with van der Waals surface area (Å²) in [6.45, 7) is 8.93. The van der Waals surface area contributed by atoms with E-state index in [1.807, 2.05) is 43.3 Å². The topological polar surface area (TPSA) is 476 Å². The van der Waals surface area contributed by atoms with Crippen molar-refractivity contribution < 1.29 is 102 Å². The second-order valence-corrected chi connectivity index (χ2v) is 38.3. The average molecular weight is 1860 g/mol. The highest BCUT2D eigenvalue weighted by molar-refractivity contribution is 8.77. The number of allylic oxidation sites excluding steroid dienone is 4. The zero-order chi connectivity index (χ0) is 92.4. The minimum absolute atomic E-state index is 0.00761. The molecule has 3 saturated heterocycles. The SMILES string of the molecule is COc1cc2cc(c1Cl)N(C)C(=O)C[C@H](OC(=O)[C@H](C)N(C)C(=O)CCSSCCNC(=O)N[C@H](Cc1ccccc1)C(=O)N[C@H]1CSSC[C@@H](C(=O)N[C@H](CO)[C@@H](C)O)NC(=O)[C@H]([C@@H](C)O)NC(=O)[C@H](CCCCN)NC(=O)[C@@H](CC3=CCc4ccccc43)NC(=O)[C@H](Cc3ccccc3)CC1=O)[C@]1(C)O[C@H]1[C@H](C)[C@@H]1C[C@@](O)(NC(=O)O1)[C@H](OC)/C=C/C=C(\C)C2. The number of rotatable bonds is 30. The van der Waals surface area contributed by atoms with Crippen LogP contribution in [0.2, 0.25) is 5.02 Å². The number of carbonyl (C=O) groups excluding carboxylic acids is 12. The Hall–Kier alpha value is -9.25. The second kappa shape index (κ2) is 48.4. The van der Waals surface area contributed by atoms with Crippen molar-refractivity contribution >= 4 is 137 Å². The van der Waals surface area contributed by atoms with Crippen LogP contribution >= 0.6 is 54.8 Å². The molecule has 18 atom stereocenters. The molecule has 4 bridgehead atoms. The molecule has 4 aromatic rings. The first-order valence-corrected chi connectivity index (χ1v) is 47.7. The number of nitrogens with two attached hydrogens (primary N) is 1. The molecule has 127 heavy (non-hydrogen) atoms. The number of alkyl carbamates (subject to hydrolysis) is 1. The molecule has 9 rings (SSSR count). The number of aliphatic hydroxyl groups excluding tert-OH is 3. The zero-order valence-corrected chi connectivity index (χ0v) is 77.0. The number of carbonyl (C=O) groups is 12. The number of hydrogen-bond donors (Lipinski definition) is 14. The Morgan fingerprint density at radius 3 is 2.19 bits per heavy atom. The Balaban J connectivity index is 0.884. The molecule has 11 amide bonds. The van der Waals surface area contributed by atoms with Crippen LogP contribution in [0.25, 0.3) is 5.57 Å². The molecule has 4 aliphatic heterocycles. The molecular formula is C89H119ClN12O21S4. The molecule has 0 radical (unpaired) electrons. The van der Waals surface area contributed by atoms with Crippen LogP contribution in [0.4, 0.5) is 15.3 Å². The van der Waals surface area contributed by atoms with E-state index in [4.69, 9.17) is 41.0 Å². The summed E-state index contributed by atoms with van der Waals surface area (Å²) in [6, 6.07) is 16.7. The normalized spacial score (nSPS) is 26.5. The van der Waals surface area contributed by atoms with Gasteiger partial charge in [0.2, 0.25) is 47.3 Å². The van der Waals surface area contributed by atoms with Crippen LogP contribution in [0, 0.1) is 11.8 Å². The third kappa shape index (κ3) is 28.6. The van der Waals surface area contributed by atoms with Gasteiger partial charge in [0.25, 0.3) is 0 Å². The minimum atomic E-state index is -1.93. The number of ether oxygens (including phenoxy) is 5. The van der Waals surface area contributed by atoms with E-state index in [1.165, 1.54) is 80.5 Å². The third-order valence-electron chi connectivity index (χ3n) is 23.2. The van der Waals surface area contributed by atoms with Crippen molar-refractivity contribution in [1.29, 1.82) is 0 Å². The molecule has 692 valence electrons. The monoisotopic (exact) mass is 1850 g/mol. The van der Waals surface area contributed by atoms with Crippen LogP contribution < -0.4 is 63.2 Å². The summed E-state index contributed by atoms with van der Waals surface area (Å²) in [7, 11) is 10.4. The number of aliphatic hydroxyl groups is 4. The van der Waals surface area contributed by atoms with Crippen molar-refractivity contribution in [2.45, 2.75) is 215 Å². The van der Waals surface area contributed by atoms with E-state index in [-0.39, 0.29) is 73.9 Å². The summed E-state index contributed by atoms with van der Waals surface area (Å²) in [5.41, 5.74) is 8.29. The van der Waals surface area contributed by atoms with Gasteiger partial charge in [0.05, 0.1) is 56.2 Å². The van der Waals surface area contributed by atoms with Crippen LogP contribution in [0.5, 0.6) is 5.75 Å². The van der Waals surface area contributed by atoms with Crippen LogP contribution in [-0.4, -0.2) is 264 Å². The molecule has 38 heteroatoms. The molecule has 0 spiro atoms. The Morgan fingerprint density at radius 1 is 0.827 bits per heavy atom. The van der Waals surface area contributed by atoms with Crippen molar-refractivity contribution in [3.63, 3.8) is 0 Å². The van der Waals surface area contributed by atoms with Gasteiger partial charge in [-0.1, -0.05) is 177 Å². The lowest BCUT2D eigenvalue weighted by Crippen LogP contribution is -2.63. The number of ketones is 1. The fraction of sp³-hybridized carbons (Fsp3) is 0.528. The Morgan fingerprint density at radius 2 is 1.50 bits per heavy atom. The van der Waals surface area contributed by atoms with E-state index >= 15 is 19.2 Å². The summed E-state index contributed by atoms with van der Waals surface area (Å²) >= 11 is 6.90. The molecule has 1 aliphatic carbocycles. The number of methoxy groups -OCH3 is 2. The summed E-state index contributed by atoms with van der Waals surface area (Å²) in [4.78, 5) is 177. The number of urea groups is 1. The van der Waals surface area contributed by atoms with Gasteiger partial charge in [0.1, 0.15) is 70.9 Å².